The molecule has 4 heterocycles. The van der Waals surface area contributed by atoms with Gasteiger partial charge in [-0.05, 0) is 50.2 Å². The standard InChI is InChI=1S/C14H11F2N3OS.C14H12FN3OS/c1-8-4-13-17-9(5-14(20)19(13)18-8)7-21-10-2-3-11(15)12(16)6-10;1-9-5-13-16-11(7-14(19)18(13)17-9)8-20-12-4-2-3-10(15)6-12/h2-6,18H,7H2,1H3;2-7,17H,8H2,1H3. The lowest BCUT2D eigenvalue weighted by molar-refractivity contribution is 0.506. The predicted octanol–water partition coefficient (Wildman–Crippen LogP) is 5.66. The number of hydrogen-bond acceptors (Lipinski definition) is 6. The zero-order chi connectivity index (χ0) is 29.1. The van der Waals surface area contributed by atoms with E-state index >= 15 is 0 Å². The topological polar surface area (TPSA) is 100 Å². The van der Waals surface area contributed by atoms with E-state index in [0.29, 0.717) is 39.1 Å². The molecule has 0 saturated heterocycles. The number of nitrogens with zero attached hydrogens (tertiary/aromatic N) is 4. The number of halogens is 3. The zero-order valence-corrected chi connectivity index (χ0v) is 23.5. The molecule has 8 nitrogen and oxygen atoms in total. The van der Waals surface area contributed by atoms with Crippen molar-refractivity contribution in [2.24, 2.45) is 0 Å². The molecular formula is C28H23F3N6O2S2. The summed E-state index contributed by atoms with van der Waals surface area (Å²) in [6.45, 7) is 3.71. The first kappa shape index (κ1) is 28.3. The molecule has 0 aliphatic heterocycles. The van der Waals surface area contributed by atoms with Crippen LogP contribution >= 0.6 is 23.5 Å². The number of benzene rings is 2. The Hall–Kier alpha value is -4.23. The average Bonchev–Trinajstić information content (AvgIpc) is 3.50. The van der Waals surface area contributed by atoms with Crippen molar-refractivity contribution in [1.29, 1.82) is 0 Å². The average molecular weight is 597 g/mol. The molecule has 6 rings (SSSR count). The molecule has 0 amide bonds. The summed E-state index contributed by atoms with van der Waals surface area (Å²) in [4.78, 5) is 34.0. The van der Waals surface area contributed by atoms with E-state index in [1.54, 1.807) is 12.1 Å². The molecule has 0 atom stereocenters. The smallest absolute Gasteiger partial charge is 0.272 e. The molecule has 0 fully saturated rings. The fraction of sp³-hybridized carbons (Fsp3) is 0.143. The predicted molar refractivity (Wildman–Crippen MR) is 153 cm³/mol. The zero-order valence-electron chi connectivity index (χ0n) is 21.8. The summed E-state index contributed by atoms with van der Waals surface area (Å²) in [5.41, 5.74) is 3.80. The van der Waals surface area contributed by atoms with Crippen LogP contribution in [0.15, 0.2) is 86.1 Å². The van der Waals surface area contributed by atoms with Crippen LogP contribution in [0.25, 0.3) is 11.3 Å². The highest BCUT2D eigenvalue weighted by Crippen LogP contribution is 2.24. The second-order valence-corrected chi connectivity index (χ2v) is 11.1. The summed E-state index contributed by atoms with van der Waals surface area (Å²) in [6, 6.07) is 16.6. The molecule has 2 aromatic carbocycles. The Morgan fingerprint density at radius 2 is 1.22 bits per heavy atom. The number of hydrogen-bond donors (Lipinski definition) is 2. The van der Waals surface area contributed by atoms with Gasteiger partial charge in [-0.2, -0.15) is 0 Å². The van der Waals surface area contributed by atoms with Crippen molar-refractivity contribution in [2.75, 3.05) is 0 Å². The maximum absolute atomic E-state index is 13.1. The Morgan fingerprint density at radius 1 is 0.683 bits per heavy atom. The van der Waals surface area contributed by atoms with Gasteiger partial charge >= 0.3 is 0 Å². The minimum atomic E-state index is -0.884. The van der Waals surface area contributed by atoms with Crippen molar-refractivity contribution in [2.45, 2.75) is 35.1 Å². The summed E-state index contributed by atoms with van der Waals surface area (Å²) in [5.74, 6) is -1.09. The largest absolute Gasteiger partial charge is 0.294 e. The van der Waals surface area contributed by atoms with Gasteiger partial charge in [0.15, 0.2) is 22.9 Å². The monoisotopic (exact) mass is 596 g/mol. The summed E-state index contributed by atoms with van der Waals surface area (Å²) >= 11 is 2.74. The Kier molecular flexibility index (Phi) is 8.36. The van der Waals surface area contributed by atoms with E-state index in [0.717, 1.165) is 28.4 Å². The molecule has 0 bridgehead atoms. The Bertz CT molecular complexity index is 1980. The molecule has 0 aliphatic rings. The highest BCUT2D eigenvalue weighted by molar-refractivity contribution is 7.98. The van der Waals surface area contributed by atoms with Crippen molar-refractivity contribution in [3.8, 4) is 0 Å². The van der Waals surface area contributed by atoms with E-state index in [-0.39, 0.29) is 16.9 Å². The second-order valence-electron chi connectivity index (χ2n) is 9.05. The van der Waals surface area contributed by atoms with Gasteiger partial charge in [0, 0.05) is 56.9 Å². The third-order valence-electron chi connectivity index (χ3n) is 5.72. The van der Waals surface area contributed by atoms with Crippen LogP contribution in [-0.2, 0) is 11.5 Å². The highest BCUT2D eigenvalue weighted by Gasteiger charge is 2.08. The number of nitrogens with one attached hydrogen (secondary N) is 2. The molecule has 0 saturated carbocycles. The molecule has 2 N–H and O–H groups in total. The van der Waals surface area contributed by atoms with Gasteiger partial charge in [-0.25, -0.2) is 32.2 Å². The van der Waals surface area contributed by atoms with E-state index in [1.807, 2.05) is 26.0 Å². The van der Waals surface area contributed by atoms with Crippen LogP contribution in [0.4, 0.5) is 13.2 Å². The molecule has 4 aromatic heterocycles. The van der Waals surface area contributed by atoms with Gasteiger partial charge < -0.3 is 0 Å². The minimum Gasteiger partial charge on any atom is -0.294 e. The van der Waals surface area contributed by atoms with E-state index in [9.17, 15) is 22.8 Å². The molecule has 0 radical (unpaired) electrons. The normalized spacial score (nSPS) is 11.1. The Balaban J connectivity index is 0.000000165. The maximum Gasteiger partial charge on any atom is 0.272 e. The van der Waals surface area contributed by atoms with Gasteiger partial charge in [0.1, 0.15) is 5.82 Å². The first-order chi connectivity index (χ1) is 19.6. The van der Waals surface area contributed by atoms with E-state index in [4.69, 9.17) is 0 Å². The van der Waals surface area contributed by atoms with Gasteiger partial charge in [-0.15, -0.1) is 23.5 Å². The van der Waals surface area contributed by atoms with Crippen molar-refractivity contribution in [3.05, 3.63) is 128 Å². The van der Waals surface area contributed by atoms with Crippen LogP contribution in [0, 0.1) is 31.3 Å². The van der Waals surface area contributed by atoms with Gasteiger partial charge in [-0.1, -0.05) is 6.07 Å². The number of fused-ring (bicyclic) bond motifs is 2. The van der Waals surface area contributed by atoms with Crippen molar-refractivity contribution in [1.82, 2.24) is 29.2 Å². The van der Waals surface area contributed by atoms with Crippen molar-refractivity contribution < 1.29 is 13.2 Å². The number of aromatic amines is 2. The Labute approximate surface area is 239 Å². The van der Waals surface area contributed by atoms with E-state index in [1.165, 1.54) is 62.9 Å². The molecule has 0 aliphatic carbocycles. The number of aryl methyl sites for hydroxylation is 2. The lowest BCUT2D eigenvalue weighted by Crippen LogP contribution is -2.15. The Morgan fingerprint density at radius 3 is 1.73 bits per heavy atom. The van der Waals surface area contributed by atoms with Crippen LogP contribution in [0.3, 0.4) is 0 Å². The summed E-state index contributed by atoms with van der Waals surface area (Å²) in [7, 11) is 0. The molecule has 6 aromatic rings. The van der Waals surface area contributed by atoms with Gasteiger partial charge in [0.25, 0.3) is 11.1 Å². The van der Waals surface area contributed by atoms with Gasteiger partial charge in [-0.3, -0.25) is 19.8 Å². The van der Waals surface area contributed by atoms with Crippen LogP contribution < -0.4 is 11.1 Å². The van der Waals surface area contributed by atoms with E-state index in [2.05, 4.69) is 20.2 Å². The fourth-order valence-corrected chi connectivity index (χ4v) is 5.55. The molecule has 210 valence electrons. The quantitative estimate of drug-likeness (QED) is 0.241. The highest BCUT2D eigenvalue weighted by atomic mass is 32.2. The molecule has 41 heavy (non-hydrogen) atoms. The molecule has 0 unspecified atom stereocenters. The van der Waals surface area contributed by atoms with Gasteiger partial charge in [0.2, 0.25) is 0 Å². The number of H-pyrrole nitrogens is 2. The van der Waals surface area contributed by atoms with Crippen LogP contribution in [0.5, 0.6) is 0 Å². The minimum absolute atomic E-state index is 0.141. The number of rotatable bonds is 6. The van der Waals surface area contributed by atoms with Crippen molar-refractivity contribution >= 4 is 34.8 Å². The fourth-order valence-electron chi connectivity index (χ4n) is 3.91. The molecule has 13 heteroatoms. The SMILES string of the molecule is Cc1cc2nc(CSc3ccc(F)c(F)c3)cc(=O)n2[nH]1.Cc1cc2nc(CSc3cccc(F)c3)cc(=O)n2[nH]1. The summed E-state index contributed by atoms with van der Waals surface area (Å²) in [5, 5.41) is 5.81. The van der Waals surface area contributed by atoms with Crippen LogP contribution in [-0.4, -0.2) is 29.2 Å². The summed E-state index contributed by atoms with van der Waals surface area (Å²) in [6.07, 6.45) is 0. The number of aromatic nitrogens is 6. The molecule has 0 spiro atoms. The first-order valence-corrected chi connectivity index (χ1v) is 14.2. The van der Waals surface area contributed by atoms with E-state index < -0.39 is 11.6 Å². The van der Waals surface area contributed by atoms with Gasteiger partial charge in [0.05, 0.1) is 11.4 Å². The lowest BCUT2D eigenvalue weighted by Gasteiger charge is -2.02. The first-order valence-electron chi connectivity index (χ1n) is 12.3. The van der Waals surface area contributed by atoms with Crippen LogP contribution in [0.2, 0.25) is 0 Å². The second kappa shape index (κ2) is 12.1. The van der Waals surface area contributed by atoms with Crippen molar-refractivity contribution in [3.63, 3.8) is 0 Å². The summed E-state index contributed by atoms with van der Waals surface area (Å²) < 4.78 is 41.8. The number of thioether (sulfide) groups is 2. The third kappa shape index (κ3) is 6.92. The maximum atomic E-state index is 13.1. The lowest BCUT2D eigenvalue weighted by atomic mass is 10.3. The molecular weight excluding hydrogens is 573 g/mol. The third-order valence-corrected chi connectivity index (χ3v) is 7.78. The van der Waals surface area contributed by atoms with Crippen LogP contribution in [0.1, 0.15) is 22.8 Å².